The van der Waals surface area contributed by atoms with Crippen LogP contribution in [0.3, 0.4) is 0 Å². The Morgan fingerprint density at radius 2 is 2.05 bits per heavy atom. The number of nitrogens with zero attached hydrogens (tertiary/aromatic N) is 2. The molecule has 1 N–H and O–H groups in total. The molecule has 0 aliphatic carbocycles. The van der Waals surface area contributed by atoms with Crippen molar-refractivity contribution in [3.63, 3.8) is 0 Å². The number of imidazole rings is 1. The van der Waals surface area contributed by atoms with E-state index >= 15 is 0 Å². The molecule has 0 radical (unpaired) electrons. The summed E-state index contributed by atoms with van der Waals surface area (Å²) in [5, 5.41) is 3.57. The van der Waals surface area contributed by atoms with E-state index in [9.17, 15) is 0 Å². The summed E-state index contributed by atoms with van der Waals surface area (Å²) < 4.78 is 8.19. The van der Waals surface area contributed by atoms with Gasteiger partial charge in [0.2, 0.25) is 0 Å². The Morgan fingerprint density at radius 3 is 2.65 bits per heavy atom. The smallest absolute Gasteiger partial charge is 0.110 e. The fraction of sp³-hybridized carbons (Fsp3) is 0.812. The number of hydrogen-bond donors (Lipinski definition) is 1. The molecule has 0 aliphatic heterocycles. The lowest BCUT2D eigenvalue weighted by Gasteiger charge is -2.25. The van der Waals surface area contributed by atoms with Gasteiger partial charge in [-0.15, -0.1) is 0 Å². The maximum atomic E-state index is 5.94. The van der Waals surface area contributed by atoms with Crippen molar-refractivity contribution >= 4 is 0 Å². The predicted molar refractivity (Wildman–Crippen MR) is 84.0 cm³/mol. The Morgan fingerprint density at radius 1 is 1.30 bits per heavy atom. The van der Waals surface area contributed by atoms with Crippen LogP contribution < -0.4 is 5.32 Å². The zero-order valence-corrected chi connectivity index (χ0v) is 13.8. The van der Waals surface area contributed by atoms with Gasteiger partial charge in [0.25, 0.3) is 0 Å². The lowest BCUT2D eigenvalue weighted by molar-refractivity contribution is -0.0146. The number of rotatable bonds is 9. The van der Waals surface area contributed by atoms with E-state index < -0.39 is 0 Å². The van der Waals surface area contributed by atoms with Crippen LogP contribution >= 0.6 is 0 Å². The van der Waals surface area contributed by atoms with E-state index in [0.717, 1.165) is 44.8 Å². The van der Waals surface area contributed by atoms with Gasteiger partial charge in [-0.3, -0.25) is 0 Å². The summed E-state index contributed by atoms with van der Waals surface area (Å²) in [6, 6.07) is 0.326. The Hall–Kier alpha value is -0.870. The largest absolute Gasteiger partial charge is 0.374 e. The van der Waals surface area contributed by atoms with Crippen molar-refractivity contribution in [2.45, 2.75) is 72.1 Å². The highest BCUT2D eigenvalue weighted by molar-refractivity contribution is 4.96. The monoisotopic (exact) mass is 281 g/mol. The van der Waals surface area contributed by atoms with Gasteiger partial charge in [0.05, 0.1) is 12.2 Å². The summed E-state index contributed by atoms with van der Waals surface area (Å²) in [5.74, 6) is 1.15. The molecule has 0 bridgehead atoms. The molecule has 0 saturated carbocycles. The molecule has 1 aromatic heterocycles. The third kappa shape index (κ3) is 6.53. The molecule has 0 spiro atoms. The van der Waals surface area contributed by atoms with E-state index in [0.29, 0.717) is 6.04 Å². The van der Waals surface area contributed by atoms with Crippen LogP contribution in [0.4, 0.5) is 0 Å². The van der Waals surface area contributed by atoms with Crippen molar-refractivity contribution in [3.8, 4) is 0 Å². The molecule has 4 heteroatoms. The lowest BCUT2D eigenvalue weighted by atomic mass is 10.1. The third-order valence-electron chi connectivity index (χ3n) is 3.10. The Bertz CT molecular complexity index is 368. The topological polar surface area (TPSA) is 39.1 Å². The van der Waals surface area contributed by atoms with Crippen LogP contribution in [0.2, 0.25) is 0 Å². The Labute approximate surface area is 123 Å². The van der Waals surface area contributed by atoms with Crippen molar-refractivity contribution in [1.29, 1.82) is 0 Å². The van der Waals surface area contributed by atoms with Crippen molar-refractivity contribution in [2.75, 3.05) is 13.2 Å². The maximum Gasteiger partial charge on any atom is 0.110 e. The van der Waals surface area contributed by atoms with Crippen LogP contribution in [-0.4, -0.2) is 34.3 Å². The summed E-state index contributed by atoms with van der Waals surface area (Å²) in [6.45, 7) is 13.5. The highest BCUT2D eigenvalue weighted by atomic mass is 16.5. The van der Waals surface area contributed by atoms with Gasteiger partial charge in [-0.1, -0.05) is 13.8 Å². The third-order valence-corrected chi connectivity index (χ3v) is 3.10. The summed E-state index contributed by atoms with van der Waals surface area (Å²) in [6.07, 6.45) is 7.15. The Kier molecular flexibility index (Phi) is 7.24. The van der Waals surface area contributed by atoms with Crippen molar-refractivity contribution in [2.24, 2.45) is 0 Å². The van der Waals surface area contributed by atoms with Gasteiger partial charge in [-0.05, 0) is 40.2 Å². The average Bonchev–Trinajstić information content (AvgIpc) is 2.79. The minimum Gasteiger partial charge on any atom is -0.374 e. The molecule has 0 aliphatic rings. The van der Waals surface area contributed by atoms with E-state index in [4.69, 9.17) is 4.74 Å². The van der Waals surface area contributed by atoms with E-state index in [2.05, 4.69) is 55.7 Å². The van der Waals surface area contributed by atoms with Crippen LogP contribution in [-0.2, 0) is 17.7 Å². The molecular weight excluding hydrogens is 250 g/mol. The quantitative estimate of drug-likeness (QED) is 0.756. The zero-order valence-electron chi connectivity index (χ0n) is 13.8. The van der Waals surface area contributed by atoms with E-state index in [1.807, 2.05) is 6.20 Å². The molecule has 20 heavy (non-hydrogen) atoms. The van der Waals surface area contributed by atoms with Crippen LogP contribution in [0.25, 0.3) is 0 Å². The molecule has 1 atom stereocenters. The molecule has 1 rings (SSSR count). The highest BCUT2D eigenvalue weighted by Crippen LogP contribution is 2.10. The average molecular weight is 281 g/mol. The SMILES string of the molecule is CCCNC(COC(C)(C)C)Cc1nccn1CCC. The van der Waals surface area contributed by atoms with Crippen molar-refractivity contribution in [3.05, 3.63) is 18.2 Å². The maximum absolute atomic E-state index is 5.94. The van der Waals surface area contributed by atoms with Crippen molar-refractivity contribution < 1.29 is 4.74 Å². The van der Waals surface area contributed by atoms with Gasteiger partial charge in [0, 0.05) is 31.4 Å². The fourth-order valence-electron chi connectivity index (χ4n) is 2.08. The summed E-state index contributed by atoms with van der Waals surface area (Å²) in [4.78, 5) is 4.49. The molecule has 0 fully saturated rings. The van der Waals surface area contributed by atoms with Gasteiger partial charge < -0.3 is 14.6 Å². The molecular formula is C16H31N3O. The fourth-order valence-corrected chi connectivity index (χ4v) is 2.08. The second kappa shape index (κ2) is 8.42. The highest BCUT2D eigenvalue weighted by Gasteiger charge is 2.17. The first-order valence-electron chi connectivity index (χ1n) is 7.83. The van der Waals surface area contributed by atoms with Crippen molar-refractivity contribution in [1.82, 2.24) is 14.9 Å². The van der Waals surface area contributed by atoms with Gasteiger partial charge >= 0.3 is 0 Å². The number of ether oxygens (including phenoxy) is 1. The lowest BCUT2D eigenvalue weighted by Crippen LogP contribution is -2.39. The van der Waals surface area contributed by atoms with E-state index in [1.54, 1.807) is 0 Å². The first-order chi connectivity index (χ1) is 9.46. The minimum atomic E-state index is -0.0923. The molecule has 1 unspecified atom stereocenters. The van der Waals surface area contributed by atoms with Gasteiger partial charge in [0.15, 0.2) is 0 Å². The second-order valence-corrected chi connectivity index (χ2v) is 6.32. The minimum absolute atomic E-state index is 0.0923. The van der Waals surface area contributed by atoms with Crippen LogP contribution in [0.5, 0.6) is 0 Å². The summed E-state index contributed by atoms with van der Waals surface area (Å²) >= 11 is 0. The standard InChI is InChI=1S/C16H31N3O/c1-6-8-17-14(13-20-16(3,4)5)12-15-18-9-11-19(15)10-7-2/h9,11,14,17H,6-8,10,12-13H2,1-5H3. The van der Waals surface area contributed by atoms with Gasteiger partial charge in [-0.2, -0.15) is 0 Å². The molecule has 0 amide bonds. The predicted octanol–water partition coefficient (Wildman–Crippen LogP) is 3.02. The zero-order chi connectivity index (χ0) is 15.0. The van der Waals surface area contributed by atoms with E-state index in [1.165, 1.54) is 0 Å². The first kappa shape index (κ1) is 17.2. The molecule has 0 aromatic carbocycles. The molecule has 1 aromatic rings. The first-order valence-corrected chi connectivity index (χ1v) is 7.83. The number of aromatic nitrogens is 2. The summed E-state index contributed by atoms with van der Waals surface area (Å²) in [5.41, 5.74) is -0.0923. The molecule has 116 valence electrons. The van der Waals surface area contributed by atoms with Crippen LogP contribution in [0, 0.1) is 0 Å². The van der Waals surface area contributed by atoms with E-state index in [-0.39, 0.29) is 5.60 Å². The number of nitrogens with one attached hydrogen (secondary N) is 1. The molecule has 1 heterocycles. The van der Waals surface area contributed by atoms with Crippen LogP contribution in [0.15, 0.2) is 12.4 Å². The normalized spacial score (nSPS) is 13.7. The molecule has 0 saturated heterocycles. The summed E-state index contributed by atoms with van der Waals surface area (Å²) in [7, 11) is 0. The number of hydrogen-bond acceptors (Lipinski definition) is 3. The number of aryl methyl sites for hydroxylation is 1. The Balaban J connectivity index is 2.60. The van der Waals surface area contributed by atoms with Crippen LogP contribution in [0.1, 0.15) is 53.3 Å². The van der Waals surface area contributed by atoms with Gasteiger partial charge in [0.1, 0.15) is 5.82 Å². The second-order valence-electron chi connectivity index (χ2n) is 6.32. The molecule has 4 nitrogen and oxygen atoms in total. The van der Waals surface area contributed by atoms with Gasteiger partial charge in [-0.25, -0.2) is 4.98 Å².